The van der Waals surface area contributed by atoms with Gasteiger partial charge in [0.25, 0.3) is 5.91 Å². The highest BCUT2D eigenvalue weighted by atomic mass is 32.1. The van der Waals surface area contributed by atoms with Crippen molar-refractivity contribution < 1.29 is 18.7 Å². The van der Waals surface area contributed by atoms with Crippen LogP contribution in [0.15, 0.2) is 36.8 Å². The van der Waals surface area contributed by atoms with Crippen molar-refractivity contribution in [3.05, 3.63) is 58.2 Å². The predicted molar refractivity (Wildman–Crippen MR) is 123 cm³/mol. The minimum atomic E-state index is -0.604. The molecule has 0 aliphatic heterocycles. The molecule has 9 nitrogen and oxygen atoms in total. The Hall–Kier alpha value is -3.86. The van der Waals surface area contributed by atoms with Crippen molar-refractivity contribution in [1.29, 1.82) is 0 Å². The second kappa shape index (κ2) is 8.94. The number of amides is 2. The van der Waals surface area contributed by atoms with Gasteiger partial charge in [0.1, 0.15) is 10.7 Å². The second-order valence-electron chi connectivity index (χ2n) is 7.55. The lowest BCUT2D eigenvalue weighted by molar-refractivity contribution is 0.102. The van der Waals surface area contributed by atoms with Crippen LogP contribution in [0.2, 0.25) is 0 Å². The van der Waals surface area contributed by atoms with E-state index in [1.807, 2.05) is 6.92 Å². The summed E-state index contributed by atoms with van der Waals surface area (Å²) >= 11 is 1.30. The van der Waals surface area contributed by atoms with Gasteiger partial charge in [0.05, 0.1) is 34.4 Å². The molecule has 0 fully saturated rings. The van der Waals surface area contributed by atoms with Gasteiger partial charge in [-0.05, 0) is 45.9 Å². The summed E-state index contributed by atoms with van der Waals surface area (Å²) in [6, 6.07) is 4.26. The van der Waals surface area contributed by atoms with Crippen molar-refractivity contribution in [2.24, 2.45) is 0 Å². The molecule has 0 atom stereocenters. The SMILES string of the molecule is Cc1nc(C)c(C(=O)Nc2ccc(F)c(-c3cn4cc(NC(=O)OC(C)C)cnc4n3)c2)s1. The minimum absolute atomic E-state index is 0.198. The highest BCUT2D eigenvalue weighted by Gasteiger charge is 2.17. The zero-order chi connectivity index (χ0) is 23.7. The Morgan fingerprint density at radius 2 is 1.91 bits per heavy atom. The van der Waals surface area contributed by atoms with Crippen molar-refractivity contribution in [1.82, 2.24) is 19.4 Å². The molecule has 3 aromatic heterocycles. The topological polar surface area (TPSA) is 111 Å². The van der Waals surface area contributed by atoms with Crippen LogP contribution in [0.1, 0.15) is 34.2 Å². The average Bonchev–Trinajstić information content (AvgIpc) is 3.30. The average molecular weight is 469 g/mol. The lowest BCUT2D eigenvalue weighted by atomic mass is 10.1. The van der Waals surface area contributed by atoms with E-state index in [4.69, 9.17) is 4.74 Å². The van der Waals surface area contributed by atoms with Crippen LogP contribution in [0.25, 0.3) is 17.0 Å². The Labute approximate surface area is 192 Å². The molecule has 0 saturated heterocycles. The fourth-order valence-corrected chi connectivity index (χ4v) is 3.98. The third-order valence-corrected chi connectivity index (χ3v) is 5.58. The van der Waals surface area contributed by atoms with Gasteiger partial charge in [-0.15, -0.1) is 11.3 Å². The number of anilines is 2. The van der Waals surface area contributed by atoms with Crippen LogP contribution in [-0.4, -0.2) is 37.5 Å². The van der Waals surface area contributed by atoms with Gasteiger partial charge in [-0.3, -0.25) is 14.5 Å². The van der Waals surface area contributed by atoms with Gasteiger partial charge in [-0.25, -0.2) is 24.1 Å². The van der Waals surface area contributed by atoms with E-state index < -0.39 is 11.9 Å². The van der Waals surface area contributed by atoms with Gasteiger partial charge in [-0.2, -0.15) is 0 Å². The zero-order valence-electron chi connectivity index (χ0n) is 18.3. The van der Waals surface area contributed by atoms with E-state index in [0.29, 0.717) is 33.4 Å². The molecular weight excluding hydrogens is 447 g/mol. The molecule has 2 amide bonds. The van der Waals surface area contributed by atoms with E-state index in [1.54, 1.807) is 37.6 Å². The zero-order valence-corrected chi connectivity index (χ0v) is 19.2. The summed E-state index contributed by atoms with van der Waals surface area (Å²) in [5.74, 6) is -0.492. The largest absolute Gasteiger partial charge is 0.447 e. The van der Waals surface area contributed by atoms with E-state index in [0.717, 1.165) is 5.01 Å². The van der Waals surface area contributed by atoms with Gasteiger partial charge < -0.3 is 10.1 Å². The number of hydrogen-bond acceptors (Lipinski definition) is 7. The molecule has 1 aromatic carbocycles. The summed E-state index contributed by atoms with van der Waals surface area (Å²) in [7, 11) is 0. The fourth-order valence-electron chi connectivity index (χ4n) is 3.17. The van der Waals surface area contributed by atoms with Gasteiger partial charge in [-0.1, -0.05) is 0 Å². The predicted octanol–water partition coefficient (Wildman–Crippen LogP) is 4.82. The maximum absolute atomic E-state index is 14.6. The molecule has 0 spiro atoms. The third-order valence-electron chi connectivity index (χ3n) is 4.51. The van der Waals surface area contributed by atoms with Gasteiger partial charge in [0.15, 0.2) is 0 Å². The molecule has 0 unspecified atom stereocenters. The number of imidazole rings is 1. The first-order valence-electron chi connectivity index (χ1n) is 10.1. The number of carbonyl (C=O) groups excluding carboxylic acids is 2. The number of nitrogens with zero attached hydrogens (tertiary/aromatic N) is 4. The molecule has 3 heterocycles. The third kappa shape index (κ3) is 4.98. The number of nitrogens with one attached hydrogen (secondary N) is 2. The number of thiazole rings is 1. The normalized spacial score (nSPS) is 11.1. The standard InChI is InChI=1S/C22H21FN6O3S/c1-11(2)32-22(31)27-15-8-24-21-28-18(10-29(21)9-15)16-7-14(5-6-17(16)23)26-20(30)19-12(3)25-13(4)33-19/h5-11H,1-4H3,(H,26,30)(H,27,31). The van der Waals surface area contributed by atoms with Crippen molar-refractivity contribution in [3.63, 3.8) is 0 Å². The fraction of sp³-hybridized carbons (Fsp3) is 0.227. The number of halogens is 1. The van der Waals surface area contributed by atoms with E-state index in [-0.39, 0.29) is 17.6 Å². The van der Waals surface area contributed by atoms with Gasteiger partial charge in [0, 0.05) is 23.6 Å². The van der Waals surface area contributed by atoms with Crippen LogP contribution >= 0.6 is 11.3 Å². The number of benzene rings is 1. The highest BCUT2D eigenvalue weighted by Crippen LogP contribution is 2.27. The lowest BCUT2D eigenvalue weighted by Gasteiger charge is -2.09. The molecule has 0 aliphatic carbocycles. The van der Waals surface area contributed by atoms with Gasteiger partial charge >= 0.3 is 6.09 Å². The lowest BCUT2D eigenvalue weighted by Crippen LogP contribution is -2.18. The number of aromatic nitrogens is 4. The number of aryl methyl sites for hydroxylation is 2. The monoisotopic (exact) mass is 468 g/mol. The molecule has 0 bridgehead atoms. The number of hydrogen-bond donors (Lipinski definition) is 2. The molecule has 4 aromatic rings. The van der Waals surface area contributed by atoms with Crippen LogP contribution in [-0.2, 0) is 4.74 Å². The molecule has 2 N–H and O–H groups in total. The van der Waals surface area contributed by atoms with Crippen LogP contribution in [0.3, 0.4) is 0 Å². The van der Waals surface area contributed by atoms with E-state index in [1.165, 1.54) is 35.7 Å². The minimum Gasteiger partial charge on any atom is -0.447 e. The van der Waals surface area contributed by atoms with Gasteiger partial charge in [0.2, 0.25) is 5.78 Å². The highest BCUT2D eigenvalue weighted by molar-refractivity contribution is 7.13. The maximum Gasteiger partial charge on any atom is 0.411 e. The second-order valence-corrected chi connectivity index (χ2v) is 8.75. The summed E-state index contributed by atoms with van der Waals surface area (Å²) in [4.78, 5) is 37.7. The summed E-state index contributed by atoms with van der Waals surface area (Å²) < 4.78 is 21.2. The molecule has 33 heavy (non-hydrogen) atoms. The van der Waals surface area contributed by atoms with E-state index in [9.17, 15) is 14.0 Å². The molecular formula is C22H21FN6O3S. The van der Waals surface area contributed by atoms with Crippen molar-refractivity contribution in [2.75, 3.05) is 10.6 Å². The molecule has 4 rings (SSSR count). The Morgan fingerprint density at radius 3 is 2.61 bits per heavy atom. The smallest absolute Gasteiger partial charge is 0.411 e. The van der Waals surface area contributed by atoms with Crippen molar-refractivity contribution in [2.45, 2.75) is 33.8 Å². The Bertz CT molecular complexity index is 1360. The van der Waals surface area contributed by atoms with Crippen LogP contribution in [0.5, 0.6) is 0 Å². The molecule has 0 radical (unpaired) electrons. The molecule has 11 heteroatoms. The number of carbonyl (C=O) groups is 2. The Kier molecular flexibility index (Phi) is 6.05. The Balaban J connectivity index is 1.59. The summed E-state index contributed by atoms with van der Waals surface area (Å²) in [5, 5.41) is 6.16. The summed E-state index contributed by atoms with van der Waals surface area (Å²) in [5.41, 5.74) is 1.98. The first-order valence-corrected chi connectivity index (χ1v) is 10.9. The van der Waals surface area contributed by atoms with E-state index in [2.05, 4.69) is 25.6 Å². The number of rotatable bonds is 5. The van der Waals surface area contributed by atoms with E-state index >= 15 is 0 Å². The summed E-state index contributed by atoms with van der Waals surface area (Å²) in [6.07, 6.45) is 3.75. The van der Waals surface area contributed by atoms with Crippen LogP contribution < -0.4 is 10.6 Å². The van der Waals surface area contributed by atoms with Crippen LogP contribution in [0, 0.1) is 19.7 Å². The molecule has 0 saturated carbocycles. The molecule has 170 valence electrons. The van der Waals surface area contributed by atoms with Crippen molar-refractivity contribution in [3.8, 4) is 11.3 Å². The van der Waals surface area contributed by atoms with Crippen LogP contribution in [0.4, 0.5) is 20.6 Å². The number of ether oxygens (including phenoxy) is 1. The quantitative estimate of drug-likeness (QED) is 0.435. The first-order chi connectivity index (χ1) is 15.7. The molecule has 0 aliphatic rings. The number of fused-ring (bicyclic) bond motifs is 1. The Morgan fingerprint density at radius 1 is 1.12 bits per heavy atom. The van der Waals surface area contributed by atoms with Crippen molar-refractivity contribution >= 4 is 40.5 Å². The first kappa shape index (κ1) is 22.3. The summed E-state index contributed by atoms with van der Waals surface area (Å²) in [6.45, 7) is 7.08. The maximum atomic E-state index is 14.6.